The standard InChI is InChI=1S/C13H6N4O/c14-16-7-1-3-9-10-4-2-8(17-15)6-12(10)13(18)11(9)5-7/h1-6H/q+2. The quantitative estimate of drug-likeness (QED) is 0.554. The summed E-state index contributed by atoms with van der Waals surface area (Å²) >= 11 is 0. The van der Waals surface area contributed by atoms with Crippen LogP contribution in [0.4, 0.5) is 11.4 Å². The zero-order chi connectivity index (χ0) is 12.7. The average Bonchev–Trinajstić information content (AvgIpc) is 2.71. The summed E-state index contributed by atoms with van der Waals surface area (Å²) < 4.78 is 0. The molecule has 82 valence electrons. The maximum absolute atomic E-state index is 12.2. The van der Waals surface area contributed by atoms with E-state index in [1.165, 1.54) is 12.1 Å². The van der Waals surface area contributed by atoms with E-state index in [1.54, 1.807) is 24.3 Å². The number of ketones is 1. The lowest BCUT2D eigenvalue weighted by atomic mass is 10.1. The zero-order valence-corrected chi connectivity index (χ0v) is 9.16. The van der Waals surface area contributed by atoms with Gasteiger partial charge in [0.05, 0.1) is 0 Å². The molecule has 2 aromatic rings. The highest BCUT2D eigenvalue weighted by molar-refractivity contribution is 6.22. The van der Waals surface area contributed by atoms with Gasteiger partial charge in [0.1, 0.15) is 0 Å². The van der Waals surface area contributed by atoms with Gasteiger partial charge in [-0.3, -0.25) is 4.79 Å². The molecule has 0 amide bonds. The Bertz CT molecular complexity index is 715. The highest BCUT2D eigenvalue weighted by atomic mass is 16.1. The molecule has 0 saturated heterocycles. The van der Waals surface area contributed by atoms with Gasteiger partial charge in [-0.1, -0.05) is 0 Å². The summed E-state index contributed by atoms with van der Waals surface area (Å²) in [7, 11) is 0. The summed E-state index contributed by atoms with van der Waals surface area (Å²) in [5, 5.41) is 17.4. The highest BCUT2D eigenvalue weighted by Gasteiger charge is 2.30. The second kappa shape index (κ2) is 3.47. The molecule has 0 aliphatic heterocycles. The number of fused-ring (bicyclic) bond motifs is 3. The predicted octanol–water partition coefficient (Wildman–Crippen LogP) is 3.87. The van der Waals surface area contributed by atoms with Crippen LogP contribution >= 0.6 is 0 Å². The van der Waals surface area contributed by atoms with Gasteiger partial charge >= 0.3 is 11.4 Å². The second-order valence-corrected chi connectivity index (χ2v) is 3.99. The van der Waals surface area contributed by atoms with Gasteiger partial charge in [0, 0.05) is 35.4 Å². The topological polar surface area (TPSA) is 73.4 Å². The van der Waals surface area contributed by atoms with E-state index in [9.17, 15) is 4.79 Å². The van der Waals surface area contributed by atoms with Gasteiger partial charge in [-0.05, 0) is 23.3 Å². The minimum Gasteiger partial charge on any atom is -0.289 e. The van der Waals surface area contributed by atoms with E-state index < -0.39 is 0 Å². The first-order valence-electron chi connectivity index (χ1n) is 5.28. The maximum atomic E-state index is 12.2. The minimum absolute atomic E-state index is 0.156. The molecule has 0 atom stereocenters. The first-order chi connectivity index (χ1) is 8.74. The van der Waals surface area contributed by atoms with E-state index in [4.69, 9.17) is 10.8 Å². The molecule has 0 heterocycles. The van der Waals surface area contributed by atoms with Crippen molar-refractivity contribution in [2.45, 2.75) is 0 Å². The van der Waals surface area contributed by atoms with Crippen molar-refractivity contribution in [3.63, 3.8) is 0 Å². The largest absolute Gasteiger partial charge is 0.385 e. The van der Waals surface area contributed by atoms with Crippen LogP contribution in [-0.2, 0) is 0 Å². The van der Waals surface area contributed by atoms with Crippen LogP contribution in [0.1, 0.15) is 15.9 Å². The van der Waals surface area contributed by atoms with Crippen LogP contribution in [0.15, 0.2) is 36.4 Å². The van der Waals surface area contributed by atoms with Gasteiger partial charge in [-0.25, -0.2) is 0 Å². The Morgan fingerprint density at radius 1 is 0.722 bits per heavy atom. The van der Waals surface area contributed by atoms with E-state index in [0.717, 1.165) is 11.1 Å². The number of hydrogen-bond donors (Lipinski definition) is 0. The number of diazo groups is 2. The molecular weight excluding hydrogens is 228 g/mol. The summed E-state index contributed by atoms with van der Waals surface area (Å²) in [5.41, 5.74) is 3.26. The van der Waals surface area contributed by atoms with Gasteiger partial charge in [-0.15, -0.1) is 0 Å². The van der Waals surface area contributed by atoms with Crippen LogP contribution in [0.5, 0.6) is 0 Å². The second-order valence-electron chi connectivity index (χ2n) is 3.99. The minimum atomic E-state index is -0.156. The maximum Gasteiger partial charge on any atom is 0.385 e. The van der Waals surface area contributed by atoms with Crippen LogP contribution in [0.25, 0.3) is 21.1 Å². The van der Waals surface area contributed by atoms with Crippen LogP contribution in [0.3, 0.4) is 0 Å². The smallest absolute Gasteiger partial charge is 0.289 e. The Hall–Kier alpha value is -3.05. The third-order valence-electron chi connectivity index (χ3n) is 3.02. The number of hydrogen-bond acceptors (Lipinski definition) is 3. The zero-order valence-electron chi connectivity index (χ0n) is 9.16. The van der Waals surface area contributed by atoms with Crippen molar-refractivity contribution in [2.24, 2.45) is 0 Å². The van der Waals surface area contributed by atoms with E-state index in [-0.39, 0.29) is 5.78 Å². The summed E-state index contributed by atoms with van der Waals surface area (Å²) in [6.45, 7) is 0. The molecule has 0 aromatic heterocycles. The Morgan fingerprint density at radius 2 is 1.17 bits per heavy atom. The first-order valence-corrected chi connectivity index (χ1v) is 5.28. The molecule has 2 aromatic carbocycles. The van der Waals surface area contributed by atoms with Crippen molar-refractivity contribution in [1.82, 2.24) is 0 Å². The number of carbonyl (C=O) groups is 1. The van der Waals surface area contributed by atoms with Gasteiger partial charge in [-0.2, -0.15) is 0 Å². The lowest BCUT2D eigenvalue weighted by Crippen LogP contribution is -1.94. The van der Waals surface area contributed by atoms with Crippen LogP contribution in [0, 0.1) is 10.8 Å². The molecule has 1 aliphatic rings. The number of carbonyl (C=O) groups excluding carboxylic acids is 1. The lowest BCUT2D eigenvalue weighted by molar-refractivity contribution is 0.104. The SMILES string of the molecule is N#[N+]c1ccc2c(c1)C(=O)c1cc([N+]#N)ccc1-2. The Balaban J connectivity index is 2.29. The average molecular weight is 234 g/mol. The molecular formula is C13H6N4O+2. The summed E-state index contributed by atoms with van der Waals surface area (Å²) in [5.74, 6) is -0.156. The predicted molar refractivity (Wildman–Crippen MR) is 64.8 cm³/mol. The van der Waals surface area contributed by atoms with Gasteiger partial charge < -0.3 is 0 Å². The highest BCUT2D eigenvalue weighted by Crippen LogP contribution is 2.39. The Labute approximate surface area is 102 Å². The number of nitrogens with zero attached hydrogens (tertiary/aromatic N) is 4. The van der Waals surface area contributed by atoms with E-state index in [0.29, 0.717) is 22.5 Å². The molecule has 0 saturated carbocycles. The molecule has 1 aliphatic carbocycles. The fraction of sp³-hybridized carbons (Fsp3) is 0. The Kier molecular flexibility index (Phi) is 1.95. The molecule has 0 bridgehead atoms. The summed E-state index contributed by atoms with van der Waals surface area (Å²) in [6.07, 6.45) is 0. The molecule has 5 nitrogen and oxygen atoms in total. The fourth-order valence-corrected chi connectivity index (χ4v) is 2.18. The van der Waals surface area contributed by atoms with Crippen LogP contribution < -0.4 is 0 Å². The Morgan fingerprint density at radius 3 is 1.56 bits per heavy atom. The van der Waals surface area contributed by atoms with E-state index >= 15 is 0 Å². The summed E-state index contributed by atoms with van der Waals surface area (Å²) in [4.78, 5) is 18.3. The van der Waals surface area contributed by atoms with Crippen molar-refractivity contribution in [2.75, 3.05) is 0 Å². The fourth-order valence-electron chi connectivity index (χ4n) is 2.18. The van der Waals surface area contributed by atoms with Crippen molar-refractivity contribution in [1.29, 1.82) is 10.8 Å². The van der Waals surface area contributed by atoms with Gasteiger partial charge in [0.2, 0.25) is 10.8 Å². The van der Waals surface area contributed by atoms with Gasteiger partial charge in [0.15, 0.2) is 15.7 Å². The number of rotatable bonds is 0. The summed E-state index contributed by atoms with van der Waals surface area (Å²) in [6, 6.07) is 9.81. The van der Waals surface area contributed by atoms with E-state index in [1.807, 2.05) is 0 Å². The molecule has 18 heavy (non-hydrogen) atoms. The molecule has 0 unspecified atom stereocenters. The molecule has 0 spiro atoms. The molecule has 0 fully saturated rings. The molecule has 3 rings (SSSR count). The normalized spacial score (nSPS) is 11.3. The molecule has 0 N–H and O–H groups in total. The van der Waals surface area contributed by atoms with Crippen molar-refractivity contribution in [3.8, 4) is 11.1 Å². The first kappa shape index (κ1) is 10.1. The molecule has 5 heteroatoms. The van der Waals surface area contributed by atoms with Crippen LogP contribution in [0.2, 0.25) is 0 Å². The third-order valence-corrected chi connectivity index (χ3v) is 3.02. The van der Waals surface area contributed by atoms with Gasteiger partial charge in [0.25, 0.3) is 0 Å². The van der Waals surface area contributed by atoms with Crippen molar-refractivity contribution >= 4 is 17.2 Å². The lowest BCUT2D eigenvalue weighted by Gasteiger charge is -1.95. The number of benzene rings is 2. The molecule has 0 radical (unpaired) electrons. The van der Waals surface area contributed by atoms with E-state index in [2.05, 4.69) is 9.95 Å². The monoisotopic (exact) mass is 234 g/mol. The van der Waals surface area contributed by atoms with Crippen LogP contribution in [-0.4, -0.2) is 5.78 Å². The third kappa shape index (κ3) is 1.22. The van der Waals surface area contributed by atoms with Crippen molar-refractivity contribution in [3.05, 3.63) is 57.5 Å². The van der Waals surface area contributed by atoms with Crippen molar-refractivity contribution < 1.29 is 4.79 Å².